The van der Waals surface area contributed by atoms with Gasteiger partial charge in [-0.3, -0.25) is 4.79 Å². The number of carbonyl (C=O) groups excluding carboxylic acids is 1. The molecule has 0 heterocycles. The fraction of sp³-hybridized carbons (Fsp3) is 0.727. The van der Waals surface area contributed by atoms with Crippen LogP contribution in [0.15, 0.2) is 12.3 Å². The molecular weight excluding hydrogens is 164 g/mol. The van der Waals surface area contributed by atoms with Crippen molar-refractivity contribution in [1.82, 2.24) is 0 Å². The van der Waals surface area contributed by atoms with Gasteiger partial charge in [-0.15, -0.1) is 0 Å². The number of carbonyl (C=O) groups is 1. The van der Waals surface area contributed by atoms with E-state index >= 15 is 0 Å². The van der Waals surface area contributed by atoms with Crippen LogP contribution in [0.3, 0.4) is 0 Å². The molecule has 1 saturated carbocycles. The van der Waals surface area contributed by atoms with E-state index in [9.17, 15) is 4.79 Å². The van der Waals surface area contributed by atoms with Crippen LogP contribution in [0.4, 0.5) is 0 Å². The summed E-state index contributed by atoms with van der Waals surface area (Å²) in [6.45, 7) is 7.19. The monoisotopic (exact) mass is 182 g/mol. The highest BCUT2D eigenvalue weighted by Gasteiger charge is 2.29. The van der Waals surface area contributed by atoms with E-state index in [0.717, 1.165) is 12.8 Å². The molecule has 1 aliphatic rings. The maximum absolute atomic E-state index is 10.9. The molecule has 1 rings (SSSR count). The Morgan fingerprint density at radius 2 is 1.85 bits per heavy atom. The summed E-state index contributed by atoms with van der Waals surface area (Å²) in [4.78, 5) is 10.9. The Balaban J connectivity index is 2.50. The molecule has 0 unspecified atom stereocenters. The fourth-order valence-corrected chi connectivity index (χ4v) is 1.77. The van der Waals surface area contributed by atoms with Gasteiger partial charge in [0.05, 0.1) is 0 Å². The van der Waals surface area contributed by atoms with E-state index in [-0.39, 0.29) is 11.4 Å². The van der Waals surface area contributed by atoms with Crippen molar-refractivity contribution < 1.29 is 9.53 Å². The first-order valence-corrected chi connectivity index (χ1v) is 4.92. The minimum Gasteiger partial charge on any atom is -0.484 e. The van der Waals surface area contributed by atoms with Gasteiger partial charge in [-0.2, -0.15) is 0 Å². The summed E-state index contributed by atoms with van der Waals surface area (Å²) >= 11 is 0. The average Bonchev–Trinajstić information content (AvgIpc) is 2.04. The zero-order valence-corrected chi connectivity index (χ0v) is 8.56. The van der Waals surface area contributed by atoms with Gasteiger partial charge in [-0.1, -0.05) is 13.0 Å². The van der Waals surface area contributed by atoms with E-state index in [1.54, 1.807) is 0 Å². The summed E-state index contributed by atoms with van der Waals surface area (Å²) in [7, 11) is 0. The van der Waals surface area contributed by atoms with E-state index in [0.29, 0.717) is 5.76 Å². The minimum absolute atomic E-state index is 0.0631. The quantitative estimate of drug-likeness (QED) is 0.495. The molecule has 0 saturated heterocycles. The van der Waals surface area contributed by atoms with Crippen LogP contribution in [-0.2, 0) is 9.53 Å². The smallest absolute Gasteiger partial charge is 0.193 e. The molecule has 0 radical (unpaired) electrons. The first kappa shape index (κ1) is 10.3. The van der Waals surface area contributed by atoms with Crippen LogP contribution >= 0.6 is 0 Å². The standard InChI is InChI=1S/C11H18O2/c1-9(12)10(2)13-11(3)7-5-4-6-8-11/h2,4-8H2,1,3H3. The summed E-state index contributed by atoms with van der Waals surface area (Å²) in [5, 5.41) is 0. The summed E-state index contributed by atoms with van der Waals surface area (Å²) in [6, 6.07) is 0. The van der Waals surface area contributed by atoms with Crippen LogP contribution in [-0.4, -0.2) is 11.4 Å². The van der Waals surface area contributed by atoms with Crippen LogP contribution in [0.1, 0.15) is 46.0 Å². The number of Topliss-reactive ketones (excluding diaryl/α,β-unsaturated/α-hetero) is 1. The number of hydrogen-bond acceptors (Lipinski definition) is 2. The third-order valence-electron chi connectivity index (χ3n) is 2.67. The topological polar surface area (TPSA) is 26.3 Å². The van der Waals surface area contributed by atoms with Gasteiger partial charge >= 0.3 is 0 Å². The number of ketones is 1. The minimum atomic E-state index is -0.138. The molecule has 0 spiro atoms. The Kier molecular flexibility index (Phi) is 3.12. The second kappa shape index (κ2) is 3.95. The molecular formula is C11H18O2. The van der Waals surface area contributed by atoms with Crippen molar-refractivity contribution in [3.63, 3.8) is 0 Å². The number of ether oxygens (including phenoxy) is 1. The number of allylic oxidation sites excluding steroid dienone is 1. The first-order valence-electron chi connectivity index (χ1n) is 4.92. The Morgan fingerprint density at radius 3 is 2.31 bits per heavy atom. The predicted molar refractivity (Wildman–Crippen MR) is 52.4 cm³/mol. The molecule has 0 N–H and O–H groups in total. The lowest BCUT2D eigenvalue weighted by Crippen LogP contribution is -2.31. The summed E-state index contributed by atoms with van der Waals surface area (Å²) in [6.07, 6.45) is 5.76. The summed E-state index contributed by atoms with van der Waals surface area (Å²) < 4.78 is 5.60. The van der Waals surface area contributed by atoms with Crippen LogP contribution in [0.5, 0.6) is 0 Å². The molecule has 2 heteroatoms. The number of rotatable bonds is 3. The largest absolute Gasteiger partial charge is 0.484 e. The van der Waals surface area contributed by atoms with Crippen molar-refractivity contribution in [2.24, 2.45) is 0 Å². The van der Waals surface area contributed by atoms with Gasteiger partial charge in [-0.05, 0) is 32.6 Å². The summed E-state index contributed by atoms with van der Waals surface area (Å²) in [5.41, 5.74) is -0.138. The van der Waals surface area contributed by atoms with Gasteiger partial charge in [0.25, 0.3) is 0 Å². The number of hydrogen-bond donors (Lipinski definition) is 0. The van der Waals surface area contributed by atoms with Gasteiger partial charge in [0.15, 0.2) is 11.5 Å². The van der Waals surface area contributed by atoms with E-state index in [4.69, 9.17) is 4.74 Å². The van der Waals surface area contributed by atoms with Gasteiger partial charge in [0.2, 0.25) is 0 Å². The Hall–Kier alpha value is -0.790. The van der Waals surface area contributed by atoms with Crippen LogP contribution in [0, 0.1) is 0 Å². The second-order valence-electron chi connectivity index (χ2n) is 4.09. The molecule has 1 fully saturated rings. The van der Waals surface area contributed by atoms with Crippen molar-refractivity contribution in [2.45, 2.75) is 51.6 Å². The predicted octanol–water partition coefficient (Wildman–Crippen LogP) is 2.83. The van der Waals surface area contributed by atoms with Crippen molar-refractivity contribution in [2.75, 3.05) is 0 Å². The molecule has 0 aromatic rings. The van der Waals surface area contributed by atoms with Crippen LogP contribution < -0.4 is 0 Å². The molecule has 0 bridgehead atoms. The third kappa shape index (κ3) is 2.87. The lowest BCUT2D eigenvalue weighted by atomic mass is 9.86. The molecule has 2 nitrogen and oxygen atoms in total. The van der Waals surface area contributed by atoms with Gasteiger partial charge < -0.3 is 4.74 Å². The Bertz CT molecular complexity index is 212. The van der Waals surface area contributed by atoms with Crippen molar-refractivity contribution in [3.05, 3.63) is 12.3 Å². The molecule has 74 valence electrons. The lowest BCUT2D eigenvalue weighted by Gasteiger charge is -2.34. The van der Waals surface area contributed by atoms with Gasteiger partial charge in [0, 0.05) is 6.92 Å². The Morgan fingerprint density at radius 1 is 1.31 bits per heavy atom. The maximum Gasteiger partial charge on any atom is 0.193 e. The second-order valence-corrected chi connectivity index (χ2v) is 4.09. The highest BCUT2D eigenvalue weighted by Crippen LogP contribution is 2.32. The van der Waals surface area contributed by atoms with Crippen molar-refractivity contribution >= 4 is 5.78 Å². The average molecular weight is 182 g/mol. The normalized spacial score (nSPS) is 20.8. The fourth-order valence-electron chi connectivity index (χ4n) is 1.77. The molecule has 0 aromatic carbocycles. The van der Waals surface area contributed by atoms with Gasteiger partial charge in [-0.25, -0.2) is 0 Å². The highest BCUT2D eigenvalue weighted by molar-refractivity contribution is 5.90. The van der Waals surface area contributed by atoms with E-state index in [1.165, 1.54) is 26.2 Å². The molecule has 13 heavy (non-hydrogen) atoms. The van der Waals surface area contributed by atoms with Gasteiger partial charge in [0.1, 0.15) is 5.60 Å². The molecule has 0 aliphatic heterocycles. The molecule has 0 aromatic heterocycles. The van der Waals surface area contributed by atoms with Crippen LogP contribution in [0.25, 0.3) is 0 Å². The van der Waals surface area contributed by atoms with E-state index < -0.39 is 0 Å². The zero-order chi connectivity index (χ0) is 9.90. The third-order valence-corrected chi connectivity index (χ3v) is 2.67. The highest BCUT2D eigenvalue weighted by atomic mass is 16.5. The van der Waals surface area contributed by atoms with E-state index in [1.807, 2.05) is 0 Å². The SMILES string of the molecule is C=C(OC1(C)CCCCC1)C(C)=O. The molecule has 1 aliphatic carbocycles. The molecule has 0 amide bonds. The van der Waals surface area contributed by atoms with Crippen molar-refractivity contribution in [1.29, 1.82) is 0 Å². The Labute approximate surface area is 80.0 Å². The van der Waals surface area contributed by atoms with E-state index in [2.05, 4.69) is 13.5 Å². The summed E-state index contributed by atoms with van der Waals surface area (Å²) in [5.74, 6) is 0.246. The lowest BCUT2D eigenvalue weighted by molar-refractivity contribution is -0.121. The molecule has 0 atom stereocenters. The van der Waals surface area contributed by atoms with Crippen LogP contribution in [0.2, 0.25) is 0 Å². The zero-order valence-electron chi connectivity index (χ0n) is 8.56. The van der Waals surface area contributed by atoms with Crippen molar-refractivity contribution in [3.8, 4) is 0 Å². The maximum atomic E-state index is 10.9. The first-order chi connectivity index (χ1) is 6.03.